The van der Waals surface area contributed by atoms with Crippen molar-refractivity contribution in [2.45, 2.75) is 64.8 Å². The Hall–Kier alpha value is -3.49. The fourth-order valence-electron chi connectivity index (χ4n) is 3.85. The van der Waals surface area contributed by atoms with Crippen LogP contribution in [0.3, 0.4) is 0 Å². The summed E-state index contributed by atoms with van der Waals surface area (Å²) in [6.45, 7) is 4.55. The number of hydrogen-bond acceptors (Lipinski definition) is 5. The van der Waals surface area contributed by atoms with Crippen LogP contribution in [-0.4, -0.2) is 35.4 Å². The van der Waals surface area contributed by atoms with Gasteiger partial charge in [0.15, 0.2) is 0 Å². The number of halogens is 2. The number of aryl methyl sites for hydroxylation is 1. The molecular weight excluding hydrogens is 436 g/mol. The van der Waals surface area contributed by atoms with Crippen molar-refractivity contribution < 1.29 is 8.78 Å². The topological polar surface area (TPSA) is 85.2 Å². The maximum absolute atomic E-state index is 14.6. The SMILES string of the molecule is CCCCn1nc(C(F)(F)CCCC)nc1Cc1ccc(-c2ccccc2-c2nn[nH]n2)cc1. The number of nitrogens with zero attached hydrogens (tertiary/aromatic N) is 6. The van der Waals surface area contributed by atoms with Gasteiger partial charge in [-0.2, -0.15) is 14.0 Å². The lowest BCUT2D eigenvalue weighted by Crippen LogP contribution is -2.16. The molecule has 2 aromatic carbocycles. The molecule has 0 aliphatic heterocycles. The molecule has 0 amide bonds. The number of unbranched alkanes of at least 4 members (excludes halogenated alkanes) is 2. The summed E-state index contributed by atoms with van der Waals surface area (Å²) in [4.78, 5) is 4.29. The van der Waals surface area contributed by atoms with Gasteiger partial charge in [0.25, 0.3) is 0 Å². The number of nitrogens with one attached hydrogen (secondary N) is 1. The number of H-pyrrole nitrogens is 1. The molecule has 0 saturated carbocycles. The Morgan fingerprint density at radius 3 is 2.35 bits per heavy atom. The van der Waals surface area contributed by atoms with Crippen LogP contribution in [0.5, 0.6) is 0 Å². The third kappa shape index (κ3) is 5.35. The van der Waals surface area contributed by atoms with Gasteiger partial charge in [-0.15, -0.1) is 15.3 Å². The first kappa shape index (κ1) is 23.7. The maximum Gasteiger partial charge on any atom is 0.308 e. The zero-order chi connectivity index (χ0) is 24.0. The van der Waals surface area contributed by atoms with E-state index in [1.165, 1.54) is 0 Å². The Kier molecular flexibility index (Phi) is 7.40. The highest BCUT2D eigenvalue weighted by atomic mass is 19.3. The molecule has 0 radical (unpaired) electrons. The normalized spacial score (nSPS) is 11.8. The summed E-state index contributed by atoms with van der Waals surface area (Å²) >= 11 is 0. The first-order chi connectivity index (χ1) is 16.5. The molecule has 0 fully saturated rings. The molecule has 4 aromatic rings. The molecule has 0 bridgehead atoms. The summed E-state index contributed by atoms with van der Waals surface area (Å²) in [6.07, 6.45) is 3.18. The minimum absolute atomic E-state index is 0.227. The van der Waals surface area contributed by atoms with Crippen molar-refractivity contribution in [1.82, 2.24) is 35.4 Å². The van der Waals surface area contributed by atoms with Crippen LogP contribution in [0.25, 0.3) is 22.5 Å². The molecule has 0 atom stereocenters. The first-order valence-corrected chi connectivity index (χ1v) is 11.8. The zero-order valence-corrected chi connectivity index (χ0v) is 19.5. The predicted octanol–water partition coefficient (Wildman–Crippen LogP) is 5.80. The monoisotopic (exact) mass is 465 g/mol. The van der Waals surface area contributed by atoms with Crippen molar-refractivity contribution in [3.8, 4) is 22.5 Å². The van der Waals surface area contributed by atoms with Gasteiger partial charge in [-0.05, 0) is 34.7 Å². The van der Waals surface area contributed by atoms with E-state index in [1.807, 2.05) is 55.5 Å². The summed E-state index contributed by atoms with van der Waals surface area (Å²) in [5.41, 5.74) is 3.85. The number of alkyl halides is 2. The van der Waals surface area contributed by atoms with Crippen LogP contribution in [0.15, 0.2) is 48.5 Å². The second-order valence-electron chi connectivity index (χ2n) is 8.39. The molecule has 0 aliphatic rings. The minimum Gasteiger partial charge on any atom is -0.249 e. The van der Waals surface area contributed by atoms with Gasteiger partial charge in [-0.1, -0.05) is 75.2 Å². The van der Waals surface area contributed by atoms with Crippen LogP contribution in [0.2, 0.25) is 0 Å². The standard InChI is InChI=1S/C25H29F2N7/c1-3-5-15-25(26,27)24-28-22(34(31-24)16-6-4-2)17-18-11-13-19(14-12-18)20-9-7-8-10-21(20)23-29-32-33-30-23/h7-14H,3-6,15-17H2,1-2H3,(H,29,30,32,33). The average Bonchev–Trinajstić information content (AvgIpc) is 3.53. The summed E-state index contributed by atoms with van der Waals surface area (Å²) in [5, 5.41) is 18.5. The summed E-state index contributed by atoms with van der Waals surface area (Å²) in [6, 6.07) is 15.9. The smallest absolute Gasteiger partial charge is 0.249 e. The highest BCUT2D eigenvalue weighted by Gasteiger charge is 2.36. The predicted molar refractivity (Wildman–Crippen MR) is 126 cm³/mol. The van der Waals surface area contributed by atoms with Crippen molar-refractivity contribution in [2.24, 2.45) is 0 Å². The Bertz CT molecular complexity index is 1180. The van der Waals surface area contributed by atoms with Gasteiger partial charge < -0.3 is 0 Å². The zero-order valence-electron chi connectivity index (χ0n) is 19.5. The van der Waals surface area contributed by atoms with E-state index in [0.29, 0.717) is 37.5 Å². The molecule has 2 heterocycles. The highest BCUT2D eigenvalue weighted by Crippen LogP contribution is 2.32. The third-order valence-electron chi connectivity index (χ3n) is 5.78. The molecular formula is C25H29F2N7. The molecule has 9 heteroatoms. The lowest BCUT2D eigenvalue weighted by Gasteiger charge is -2.11. The molecule has 0 spiro atoms. The van der Waals surface area contributed by atoms with Crippen molar-refractivity contribution in [2.75, 3.05) is 0 Å². The fourth-order valence-corrected chi connectivity index (χ4v) is 3.85. The second kappa shape index (κ2) is 10.6. The molecule has 0 saturated heterocycles. The van der Waals surface area contributed by atoms with E-state index >= 15 is 0 Å². The molecule has 1 N–H and O–H groups in total. The summed E-state index contributed by atoms with van der Waals surface area (Å²) in [5.74, 6) is -2.28. The highest BCUT2D eigenvalue weighted by molar-refractivity contribution is 5.80. The van der Waals surface area contributed by atoms with Gasteiger partial charge in [0.05, 0.1) is 0 Å². The van der Waals surface area contributed by atoms with Gasteiger partial charge in [-0.3, -0.25) is 0 Å². The minimum atomic E-state index is -3.01. The Morgan fingerprint density at radius 2 is 1.68 bits per heavy atom. The van der Waals surface area contributed by atoms with Crippen molar-refractivity contribution in [3.63, 3.8) is 0 Å². The summed E-state index contributed by atoms with van der Waals surface area (Å²) in [7, 11) is 0. The van der Waals surface area contributed by atoms with Crippen molar-refractivity contribution >= 4 is 0 Å². The van der Waals surface area contributed by atoms with Crippen LogP contribution in [0.4, 0.5) is 8.78 Å². The fraction of sp³-hybridized carbons (Fsp3) is 0.400. The van der Waals surface area contributed by atoms with E-state index in [9.17, 15) is 8.78 Å². The molecule has 2 aromatic heterocycles. The third-order valence-corrected chi connectivity index (χ3v) is 5.78. The van der Waals surface area contributed by atoms with E-state index in [-0.39, 0.29) is 12.2 Å². The molecule has 0 unspecified atom stereocenters. The van der Waals surface area contributed by atoms with Crippen molar-refractivity contribution in [1.29, 1.82) is 0 Å². The van der Waals surface area contributed by atoms with Crippen LogP contribution in [0.1, 0.15) is 63.2 Å². The molecule has 178 valence electrons. The van der Waals surface area contributed by atoms with Gasteiger partial charge in [0, 0.05) is 24.9 Å². The van der Waals surface area contributed by atoms with E-state index in [0.717, 1.165) is 35.1 Å². The Morgan fingerprint density at radius 1 is 0.941 bits per heavy atom. The van der Waals surface area contributed by atoms with Crippen LogP contribution in [0, 0.1) is 0 Å². The molecule has 4 rings (SSSR count). The lowest BCUT2D eigenvalue weighted by atomic mass is 9.98. The second-order valence-corrected chi connectivity index (χ2v) is 8.39. The largest absolute Gasteiger partial charge is 0.308 e. The lowest BCUT2D eigenvalue weighted by molar-refractivity contribution is -0.0246. The van der Waals surface area contributed by atoms with Crippen LogP contribution in [-0.2, 0) is 18.9 Å². The first-order valence-electron chi connectivity index (χ1n) is 11.8. The Balaban J connectivity index is 1.58. The van der Waals surface area contributed by atoms with Crippen molar-refractivity contribution in [3.05, 3.63) is 65.7 Å². The number of tetrazole rings is 1. The quantitative estimate of drug-likeness (QED) is 0.303. The van der Waals surface area contributed by atoms with Gasteiger partial charge in [0.1, 0.15) is 5.82 Å². The van der Waals surface area contributed by atoms with Gasteiger partial charge in [-0.25, -0.2) is 9.67 Å². The number of benzene rings is 2. The van der Waals surface area contributed by atoms with Gasteiger partial charge >= 0.3 is 5.92 Å². The Labute approximate surface area is 197 Å². The molecule has 0 aliphatic carbocycles. The number of rotatable bonds is 11. The van der Waals surface area contributed by atoms with Gasteiger partial charge in [0.2, 0.25) is 11.6 Å². The summed E-state index contributed by atoms with van der Waals surface area (Å²) < 4.78 is 30.9. The average molecular weight is 466 g/mol. The van der Waals surface area contributed by atoms with Crippen LogP contribution < -0.4 is 0 Å². The van der Waals surface area contributed by atoms with Crippen LogP contribution >= 0.6 is 0 Å². The number of hydrogen-bond donors (Lipinski definition) is 1. The number of aromatic amines is 1. The number of aromatic nitrogens is 7. The molecule has 7 nitrogen and oxygen atoms in total. The van der Waals surface area contributed by atoms with E-state index in [2.05, 4.69) is 37.6 Å². The van der Waals surface area contributed by atoms with E-state index in [4.69, 9.17) is 0 Å². The maximum atomic E-state index is 14.6. The molecule has 34 heavy (non-hydrogen) atoms. The van der Waals surface area contributed by atoms with E-state index < -0.39 is 5.92 Å². The van der Waals surface area contributed by atoms with E-state index in [1.54, 1.807) is 4.68 Å².